The van der Waals surface area contributed by atoms with Crippen molar-refractivity contribution in [2.45, 2.75) is 12.6 Å². The van der Waals surface area contributed by atoms with Gasteiger partial charge in [-0.05, 0) is 29.8 Å². The molecule has 2 aromatic heterocycles. The average Bonchev–Trinajstić information content (AvgIpc) is 2.92. The molecule has 0 aliphatic heterocycles. The zero-order chi connectivity index (χ0) is 15.5. The van der Waals surface area contributed by atoms with Gasteiger partial charge in [0.25, 0.3) is 0 Å². The van der Waals surface area contributed by atoms with E-state index >= 15 is 0 Å². The van der Waals surface area contributed by atoms with Gasteiger partial charge in [-0.1, -0.05) is 23.7 Å². The van der Waals surface area contributed by atoms with Crippen LogP contribution in [0.2, 0.25) is 5.02 Å². The summed E-state index contributed by atoms with van der Waals surface area (Å²) < 4.78 is 15.3. The van der Waals surface area contributed by atoms with Crippen LogP contribution in [0, 0.1) is 5.82 Å². The topological polar surface area (TPSA) is 49.6 Å². The van der Waals surface area contributed by atoms with Crippen molar-refractivity contribution in [3.8, 4) is 0 Å². The Hall–Kier alpha value is -1.95. The Morgan fingerprint density at radius 1 is 1.32 bits per heavy atom. The number of pyridine rings is 1. The normalized spacial score (nSPS) is 12.7. The lowest BCUT2D eigenvalue weighted by Crippen LogP contribution is -2.21. The van der Waals surface area contributed by atoms with Crippen LogP contribution < -0.4 is 5.32 Å². The summed E-state index contributed by atoms with van der Waals surface area (Å²) in [5, 5.41) is 13.2. The van der Waals surface area contributed by atoms with Crippen LogP contribution in [0.5, 0.6) is 0 Å². The molecular weight excluding hydrogens is 305 g/mol. The quantitative estimate of drug-likeness (QED) is 0.760. The van der Waals surface area contributed by atoms with E-state index in [1.165, 1.54) is 12.1 Å². The molecule has 2 N–H and O–H groups in total. The Labute approximate surface area is 132 Å². The highest BCUT2D eigenvalue weighted by Gasteiger charge is 2.10. The lowest BCUT2D eigenvalue weighted by Gasteiger charge is -2.12. The third kappa shape index (κ3) is 3.27. The Morgan fingerprint density at radius 3 is 2.95 bits per heavy atom. The van der Waals surface area contributed by atoms with Crippen molar-refractivity contribution < 1.29 is 9.50 Å². The number of fused-ring (bicyclic) bond motifs is 1. The summed E-state index contributed by atoms with van der Waals surface area (Å²) in [6.07, 6.45) is 3.05. The molecule has 3 rings (SSSR count). The molecule has 1 aromatic carbocycles. The summed E-state index contributed by atoms with van der Waals surface area (Å²) in [7, 11) is 0. The first kappa shape index (κ1) is 15.0. The summed E-state index contributed by atoms with van der Waals surface area (Å²) in [5.74, 6) is -0.529. The maximum absolute atomic E-state index is 13.4. The fourth-order valence-electron chi connectivity index (χ4n) is 2.25. The van der Waals surface area contributed by atoms with Crippen LogP contribution in [0.4, 0.5) is 4.39 Å². The van der Waals surface area contributed by atoms with Crippen LogP contribution >= 0.6 is 11.6 Å². The molecule has 114 valence electrons. The number of aliphatic hydroxyl groups is 1. The standard InChI is InChI=1S/C16H15ClFN3O/c17-13-5-4-11(7-14(13)18)15(22)9-19-8-12-10-21-6-2-1-3-16(21)20-12/h1-7,10,15,19,22H,8-9H2. The van der Waals surface area contributed by atoms with Gasteiger partial charge < -0.3 is 14.8 Å². The van der Waals surface area contributed by atoms with E-state index < -0.39 is 11.9 Å². The number of nitrogens with one attached hydrogen (secondary N) is 1. The second-order valence-electron chi connectivity index (χ2n) is 5.02. The number of imidazole rings is 1. The monoisotopic (exact) mass is 319 g/mol. The number of aromatic nitrogens is 2. The third-order valence-electron chi connectivity index (χ3n) is 3.39. The molecule has 2 heterocycles. The van der Waals surface area contributed by atoms with Crippen molar-refractivity contribution >= 4 is 17.2 Å². The first-order valence-corrected chi connectivity index (χ1v) is 7.27. The first-order valence-electron chi connectivity index (χ1n) is 6.90. The summed E-state index contributed by atoms with van der Waals surface area (Å²) in [6, 6.07) is 10.1. The zero-order valence-corrected chi connectivity index (χ0v) is 12.5. The van der Waals surface area contributed by atoms with E-state index in [1.54, 1.807) is 6.07 Å². The van der Waals surface area contributed by atoms with Crippen LogP contribution in [0.15, 0.2) is 48.8 Å². The smallest absolute Gasteiger partial charge is 0.142 e. The Kier molecular flexibility index (Phi) is 4.38. The van der Waals surface area contributed by atoms with E-state index in [9.17, 15) is 9.50 Å². The minimum atomic E-state index is -0.802. The average molecular weight is 320 g/mol. The molecule has 1 unspecified atom stereocenters. The molecule has 1 atom stereocenters. The molecule has 0 saturated heterocycles. The second kappa shape index (κ2) is 6.44. The number of halogens is 2. The molecule has 0 aliphatic rings. The number of aliphatic hydroxyl groups excluding tert-OH is 1. The molecule has 0 radical (unpaired) electrons. The molecule has 4 nitrogen and oxygen atoms in total. The molecule has 0 aliphatic carbocycles. The predicted molar refractivity (Wildman–Crippen MR) is 83.3 cm³/mol. The van der Waals surface area contributed by atoms with Gasteiger partial charge in [0.15, 0.2) is 0 Å². The van der Waals surface area contributed by atoms with Gasteiger partial charge in [-0.2, -0.15) is 0 Å². The maximum atomic E-state index is 13.4. The van der Waals surface area contributed by atoms with E-state index in [0.717, 1.165) is 11.3 Å². The van der Waals surface area contributed by atoms with Gasteiger partial charge in [0, 0.05) is 25.5 Å². The lowest BCUT2D eigenvalue weighted by molar-refractivity contribution is 0.174. The van der Waals surface area contributed by atoms with Crippen molar-refractivity contribution in [1.82, 2.24) is 14.7 Å². The van der Waals surface area contributed by atoms with E-state index in [2.05, 4.69) is 10.3 Å². The fourth-order valence-corrected chi connectivity index (χ4v) is 2.36. The predicted octanol–water partition coefficient (Wildman–Crippen LogP) is 2.95. The number of nitrogens with zero attached hydrogens (tertiary/aromatic N) is 2. The van der Waals surface area contributed by atoms with Crippen molar-refractivity contribution in [2.24, 2.45) is 0 Å². The van der Waals surface area contributed by atoms with E-state index in [1.807, 2.05) is 35.0 Å². The minimum absolute atomic E-state index is 0.0496. The molecule has 22 heavy (non-hydrogen) atoms. The van der Waals surface area contributed by atoms with Gasteiger partial charge in [-0.15, -0.1) is 0 Å². The van der Waals surface area contributed by atoms with Crippen LogP contribution in [-0.4, -0.2) is 21.0 Å². The van der Waals surface area contributed by atoms with Crippen molar-refractivity contribution in [2.75, 3.05) is 6.54 Å². The van der Waals surface area contributed by atoms with Crippen molar-refractivity contribution in [3.63, 3.8) is 0 Å². The van der Waals surface area contributed by atoms with Crippen LogP contribution in [0.1, 0.15) is 17.4 Å². The highest BCUT2D eigenvalue weighted by Crippen LogP contribution is 2.20. The number of hydrogen-bond acceptors (Lipinski definition) is 3. The number of benzene rings is 1. The van der Waals surface area contributed by atoms with Gasteiger partial charge >= 0.3 is 0 Å². The van der Waals surface area contributed by atoms with Gasteiger partial charge in [0.1, 0.15) is 11.5 Å². The van der Waals surface area contributed by atoms with Crippen LogP contribution in [0.25, 0.3) is 5.65 Å². The Morgan fingerprint density at radius 2 is 2.18 bits per heavy atom. The molecule has 3 aromatic rings. The highest BCUT2D eigenvalue weighted by atomic mass is 35.5. The number of rotatable bonds is 5. The lowest BCUT2D eigenvalue weighted by atomic mass is 10.1. The highest BCUT2D eigenvalue weighted by molar-refractivity contribution is 6.30. The summed E-state index contributed by atoms with van der Waals surface area (Å²) in [5.41, 5.74) is 2.24. The second-order valence-corrected chi connectivity index (χ2v) is 5.43. The maximum Gasteiger partial charge on any atom is 0.142 e. The van der Waals surface area contributed by atoms with E-state index in [4.69, 9.17) is 11.6 Å². The fraction of sp³-hybridized carbons (Fsp3) is 0.188. The van der Waals surface area contributed by atoms with Crippen molar-refractivity contribution in [1.29, 1.82) is 0 Å². The van der Waals surface area contributed by atoms with Crippen LogP contribution in [0.3, 0.4) is 0 Å². The van der Waals surface area contributed by atoms with Gasteiger partial charge in [-0.25, -0.2) is 9.37 Å². The van der Waals surface area contributed by atoms with E-state index in [0.29, 0.717) is 18.7 Å². The minimum Gasteiger partial charge on any atom is -0.387 e. The summed E-state index contributed by atoms with van der Waals surface area (Å²) in [4.78, 5) is 4.45. The molecule has 0 saturated carbocycles. The van der Waals surface area contributed by atoms with Gasteiger partial charge in [0.05, 0.1) is 16.8 Å². The molecule has 0 spiro atoms. The SMILES string of the molecule is OC(CNCc1cn2ccccc2n1)c1ccc(Cl)c(F)c1. The Balaban J connectivity index is 1.58. The Bertz CT molecular complexity index is 757. The molecule has 0 fully saturated rings. The summed E-state index contributed by atoms with van der Waals surface area (Å²) in [6.45, 7) is 0.823. The van der Waals surface area contributed by atoms with E-state index in [-0.39, 0.29) is 5.02 Å². The molecule has 6 heteroatoms. The third-order valence-corrected chi connectivity index (χ3v) is 3.69. The van der Waals surface area contributed by atoms with Gasteiger partial charge in [-0.3, -0.25) is 0 Å². The molecule has 0 amide bonds. The number of hydrogen-bond donors (Lipinski definition) is 2. The largest absolute Gasteiger partial charge is 0.387 e. The van der Waals surface area contributed by atoms with Gasteiger partial charge in [0.2, 0.25) is 0 Å². The van der Waals surface area contributed by atoms with Crippen LogP contribution in [-0.2, 0) is 6.54 Å². The molecular formula is C16H15ClFN3O. The van der Waals surface area contributed by atoms with Crippen molar-refractivity contribution in [3.05, 3.63) is 70.9 Å². The summed E-state index contributed by atoms with van der Waals surface area (Å²) >= 11 is 5.63. The first-order chi connectivity index (χ1) is 10.6. The molecule has 0 bridgehead atoms. The zero-order valence-electron chi connectivity index (χ0n) is 11.7.